The van der Waals surface area contributed by atoms with Crippen molar-refractivity contribution in [1.29, 1.82) is 0 Å². The van der Waals surface area contributed by atoms with E-state index < -0.39 is 42.9 Å². The molecule has 1 aromatic carbocycles. The van der Waals surface area contributed by atoms with Crippen LogP contribution in [0.3, 0.4) is 0 Å². The number of sulfone groups is 1. The van der Waals surface area contributed by atoms with E-state index in [0.29, 0.717) is 0 Å². The van der Waals surface area contributed by atoms with Crippen molar-refractivity contribution in [3.05, 3.63) is 35.9 Å². The summed E-state index contributed by atoms with van der Waals surface area (Å²) in [6.45, 7) is 0. The molecule has 0 spiro atoms. The van der Waals surface area contributed by atoms with E-state index in [-0.39, 0.29) is 17.7 Å². The van der Waals surface area contributed by atoms with E-state index in [4.69, 9.17) is 0 Å². The van der Waals surface area contributed by atoms with Crippen LogP contribution in [-0.2, 0) is 24.7 Å². The Labute approximate surface area is 123 Å². The van der Waals surface area contributed by atoms with Gasteiger partial charge in [0, 0.05) is 0 Å². The van der Waals surface area contributed by atoms with Crippen molar-refractivity contribution in [3.8, 4) is 0 Å². The van der Waals surface area contributed by atoms with Crippen molar-refractivity contribution in [2.75, 3.05) is 11.5 Å². The fourth-order valence-corrected chi connectivity index (χ4v) is 6.39. The summed E-state index contributed by atoms with van der Waals surface area (Å²) in [4.78, 5) is 11.3. The zero-order valence-electron chi connectivity index (χ0n) is 11.0. The molecule has 1 saturated heterocycles. The van der Waals surface area contributed by atoms with E-state index in [1.807, 2.05) is 0 Å². The molecule has 116 valence electrons. The van der Waals surface area contributed by atoms with E-state index in [2.05, 4.69) is 4.72 Å². The van der Waals surface area contributed by atoms with Crippen molar-refractivity contribution in [2.24, 2.45) is 0 Å². The van der Waals surface area contributed by atoms with Crippen molar-refractivity contribution >= 4 is 25.8 Å². The molecule has 1 heterocycles. The molecule has 1 fully saturated rings. The number of sulfonamides is 1. The Morgan fingerprint density at radius 1 is 1.29 bits per heavy atom. The first-order chi connectivity index (χ1) is 9.71. The molecular formula is C12H15NO6S2. The van der Waals surface area contributed by atoms with Crippen LogP contribution in [0.4, 0.5) is 0 Å². The van der Waals surface area contributed by atoms with Gasteiger partial charge in [-0.25, -0.2) is 16.8 Å². The minimum atomic E-state index is -4.03. The fourth-order valence-electron chi connectivity index (χ4n) is 2.17. The fraction of sp³-hybridized carbons (Fsp3) is 0.417. The molecule has 1 aliphatic rings. The molecule has 1 unspecified atom stereocenters. The average Bonchev–Trinajstić information content (AvgIpc) is 2.78. The Morgan fingerprint density at radius 3 is 2.38 bits per heavy atom. The van der Waals surface area contributed by atoms with E-state index in [1.54, 1.807) is 18.2 Å². The first-order valence-electron chi connectivity index (χ1n) is 6.20. The van der Waals surface area contributed by atoms with Gasteiger partial charge >= 0.3 is 5.97 Å². The van der Waals surface area contributed by atoms with Crippen LogP contribution in [0, 0.1) is 0 Å². The smallest absolute Gasteiger partial charge is 0.326 e. The summed E-state index contributed by atoms with van der Waals surface area (Å²) in [5.41, 5.74) is 0.287. The second-order valence-corrected chi connectivity index (χ2v) is 9.09. The van der Waals surface area contributed by atoms with Crippen LogP contribution < -0.4 is 4.72 Å². The van der Waals surface area contributed by atoms with Crippen LogP contribution >= 0.6 is 0 Å². The number of carbonyl (C=O) groups is 1. The average molecular weight is 333 g/mol. The summed E-state index contributed by atoms with van der Waals surface area (Å²) in [6, 6.07) is 6.43. The second kappa shape index (κ2) is 5.74. The van der Waals surface area contributed by atoms with Crippen LogP contribution in [-0.4, -0.2) is 44.7 Å². The van der Waals surface area contributed by atoms with Crippen molar-refractivity contribution in [3.63, 3.8) is 0 Å². The highest BCUT2D eigenvalue weighted by Crippen LogP contribution is 2.21. The molecule has 1 aliphatic heterocycles. The number of benzene rings is 1. The van der Waals surface area contributed by atoms with Crippen molar-refractivity contribution in [2.45, 2.75) is 17.7 Å². The van der Waals surface area contributed by atoms with Crippen molar-refractivity contribution in [1.82, 2.24) is 4.72 Å². The minimum absolute atomic E-state index is 0.0151. The van der Waals surface area contributed by atoms with Gasteiger partial charge in [0.05, 0.1) is 16.8 Å². The van der Waals surface area contributed by atoms with Gasteiger partial charge in [-0.2, -0.15) is 4.72 Å². The molecule has 0 bridgehead atoms. The largest absolute Gasteiger partial charge is 0.480 e. The Kier molecular flexibility index (Phi) is 4.35. The standard InChI is InChI=1S/C12H15NO6S2/c14-12(15)11(9-4-2-1-3-5-9)13-21(18,19)10-6-7-20(16,17)8-10/h1-5,10-11,13H,6-8H2,(H,14,15)/t10?,11-/m1/s1. The molecule has 2 atom stereocenters. The molecule has 0 amide bonds. The van der Waals surface area contributed by atoms with E-state index in [1.165, 1.54) is 12.1 Å². The molecule has 2 rings (SSSR count). The molecule has 7 nitrogen and oxygen atoms in total. The SMILES string of the molecule is O=C(O)[C@H](NS(=O)(=O)C1CCS(=O)(=O)C1)c1ccccc1. The number of hydrogen-bond acceptors (Lipinski definition) is 5. The van der Waals surface area contributed by atoms with Gasteiger partial charge in [-0.05, 0) is 12.0 Å². The zero-order chi connectivity index (χ0) is 15.7. The summed E-state index contributed by atoms with van der Waals surface area (Å²) in [5.74, 6) is -2.00. The lowest BCUT2D eigenvalue weighted by molar-refractivity contribution is -0.139. The summed E-state index contributed by atoms with van der Waals surface area (Å²) in [5, 5.41) is 8.09. The lowest BCUT2D eigenvalue weighted by atomic mass is 10.1. The molecule has 0 saturated carbocycles. The van der Waals surface area contributed by atoms with Gasteiger partial charge in [-0.3, -0.25) is 4.79 Å². The Morgan fingerprint density at radius 2 is 1.90 bits per heavy atom. The highest BCUT2D eigenvalue weighted by atomic mass is 32.2. The van der Waals surface area contributed by atoms with E-state index in [9.17, 15) is 26.7 Å². The molecule has 9 heteroatoms. The molecule has 21 heavy (non-hydrogen) atoms. The third kappa shape index (κ3) is 3.80. The first kappa shape index (κ1) is 15.9. The summed E-state index contributed by atoms with van der Waals surface area (Å²) in [7, 11) is -7.40. The van der Waals surface area contributed by atoms with Gasteiger partial charge in [-0.1, -0.05) is 30.3 Å². The van der Waals surface area contributed by atoms with Gasteiger partial charge in [-0.15, -0.1) is 0 Å². The Balaban J connectivity index is 2.23. The molecule has 2 N–H and O–H groups in total. The first-order valence-corrected chi connectivity index (χ1v) is 9.57. The maximum Gasteiger partial charge on any atom is 0.326 e. The Bertz CT molecular complexity index is 726. The molecule has 0 aromatic heterocycles. The maximum absolute atomic E-state index is 12.2. The van der Waals surface area contributed by atoms with Crippen LogP contribution in [0.25, 0.3) is 0 Å². The van der Waals surface area contributed by atoms with Crippen molar-refractivity contribution < 1.29 is 26.7 Å². The predicted molar refractivity (Wildman–Crippen MR) is 75.9 cm³/mol. The number of nitrogens with one attached hydrogen (secondary N) is 1. The highest BCUT2D eigenvalue weighted by Gasteiger charge is 2.39. The van der Waals surface area contributed by atoms with Gasteiger partial charge in [0.15, 0.2) is 9.84 Å². The number of hydrogen-bond donors (Lipinski definition) is 2. The summed E-state index contributed by atoms with van der Waals surface area (Å²) in [6.07, 6.45) is -0.0151. The minimum Gasteiger partial charge on any atom is -0.480 e. The summed E-state index contributed by atoms with van der Waals surface area (Å²) < 4.78 is 49.2. The monoisotopic (exact) mass is 333 g/mol. The zero-order valence-corrected chi connectivity index (χ0v) is 12.6. The van der Waals surface area contributed by atoms with Gasteiger partial charge < -0.3 is 5.11 Å². The highest BCUT2D eigenvalue weighted by molar-refractivity contribution is 7.95. The Hall–Kier alpha value is -1.45. The normalized spacial score (nSPS) is 22.8. The van der Waals surface area contributed by atoms with Gasteiger partial charge in [0.2, 0.25) is 10.0 Å². The van der Waals surface area contributed by atoms with Gasteiger partial charge in [0.1, 0.15) is 6.04 Å². The van der Waals surface area contributed by atoms with Crippen LogP contribution in [0.2, 0.25) is 0 Å². The lowest BCUT2D eigenvalue weighted by Gasteiger charge is -2.17. The van der Waals surface area contributed by atoms with E-state index in [0.717, 1.165) is 0 Å². The molecule has 0 aliphatic carbocycles. The predicted octanol–water partition coefficient (Wildman–Crippen LogP) is -0.0812. The third-order valence-electron chi connectivity index (χ3n) is 3.29. The number of carboxylic acid groups (broad SMARTS) is 1. The third-order valence-corrected chi connectivity index (χ3v) is 7.11. The van der Waals surface area contributed by atoms with E-state index >= 15 is 0 Å². The quantitative estimate of drug-likeness (QED) is 0.778. The lowest BCUT2D eigenvalue weighted by Crippen LogP contribution is -2.40. The topological polar surface area (TPSA) is 118 Å². The number of aliphatic carboxylic acids is 1. The van der Waals surface area contributed by atoms with Crippen LogP contribution in [0.5, 0.6) is 0 Å². The van der Waals surface area contributed by atoms with Gasteiger partial charge in [0.25, 0.3) is 0 Å². The molecule has 0 radical (unpaired) electrons. The number of rotatable bonds is 5. The number of carboxylic acids is 1. The van der Waals surface area contributed by atoms with Crippen LogP contribution in [0.15, 0.2) is 30.3 Å². The summed E-state index contributed by atoms with van der Waals surface area (Å²) >= 11 is 0. The van der Waals surface area contributed by atoms with Crippen LogP contribution in [0.1, 0.15) is 18.0 Å². The molecular weight excluding hydrogens is 318 g/mol. The maximum atomic E-state index is 12.2. The molecule has 1 aromatic rings. The second-order valence-electron chi connectivity index (χ2n) is 4.87.